The van der Waals surface area contributed by atoms with Crippen LogP contribution in [0.15, 0.2) is 48.7 Å². The van der Waals surface area contributed by atoms with Crippen molar-refractivity contribution in [2.75, 3.05) is 0 Å². The van der Waals surface area contributed by atoms with Gasteiger partial charge in [0.15, 0.2) is 11.6 Å². The van der Waals surface area contributed by atoms with Gasteiger partial charge >= 0.3 is 5.97 Å². The molecule has 3 nitrogen and oxygen atoms in total. The fourth-order valence-corrected chi connectivity index (χ4v) is 3.80. The first-order valence-corrected chi connectivity index (χ1v) is 10.1. The van der Waals surface area contributed by atoms with Gasteiger partial charge in [-0.15, -0.1) is 0 Å². The van der Waals surface area contributed by atoms with Crippen molar-refractivity contribution >= 4 is 5.97 Å². The minimum absolute atomic E-state index is 0.292. The van der Waals surface area contributed by atoms with Crippen LogP contribution in [0.25, 0.3) is 0 Å². The summed E-state index contributed by atoms with van der Waals surface area (Å²) in [5, 5.41) is 0. The predicted octanol–water partition coefficient (Wildman–Crippen LogP) is 6.78. The molecule has 3 rings (SSSR count). The Balaban J connectivity index is 1.66. The SMILES string of the molecule is C/C=C/Oc1ccc(C(=O)Oc2ccc(C3CCC(CC)CC3)cc2)c(F)c1F. The molecule has 29 heavy (non-hydrogen) atoms. The number of benzene rings is 2. The van der Waals surface area contributed by atoms with Gasteiger partial charge < -0.3 is 9.47 Å². The van der Waals surface area contributed by atoms with E-state index in [1.807, 2.05) is 12.1 Å². The zero-order valence-corrected chi connectivity index (χ0v) is 16.8. The highest BCUT2D eigenvalue weighted by Gasteiger charge is 2.23. The van der Waals surface area contributed by atoms with Crippen LogP contribution < -0.4 is 9.47 Å². The molecule has 1 saturated carbocycles. The van der Waals surface area contributed by atoms with Crippen LogP contribution in [0.3, 0.4) is 0 Å². The number of ether oxygens (including phenoxy) is 2. The molecule has 0 amide bonds. The van der Waals surface area contributed by atoms with Gasteiger partial charge in [-0.1, -0.05) is 31.6 Å². The molecule has 0 spiro atoms. The summed E-state index contributed by atoms with van der Waals surface area (Å²) >= 11 is 0. The van der Waals surface area contributed by atoms with Crippen LogP contribution in [0.4, 0.5) is 8.78 Å². The van der Waals surface area contributed by atoms with E-state index in [1.54, 1.807) is 25.1 Å². The second-order valence-corrected chi connectivity index (χ2v) is 7.41. The number of rotatable bonds is 6. The standard InChI is InChI=1S/C24H26F2O3/c1-3-15-28-21-14-13-20(22(25)23(21)26)24(27)29-19-11-9-18(10-12-19)17-7-5-16(4-2)6-8-17/h3,9-17H,4-8H2,1-2H3/b15-3+. The molecule has 0 aromatic heterocycles. The van der Waals surface area contributed by atoms with Gasteiger partial charge in [0.25, 0.3) is 0 Å². The van der Waals surface area contributed by atoms with E-state index in [0.29, 0.717) is 11.7 Å². The molecule has 1 aliphatic rings. The normalized spacial score (nSPS) is 19.3. The van der Waals surface area contributed by atoms with Crippen molar-refractivity contribution in [3.63, 3.8) is 0 Å². The van der Waals surface area contributed by atoms with E-state index in [0.717, 1.165) is 12.0 Å². The Kier molecular flexibility index (Phi) is 7.02. The number of hydrogen-bond acceptors (Lipinski definition) is 3. The van der Waals surface area contributed by atoms with Crippen molar-refractivity contribution in [1.29, 1.82) is 0 Å². The zero-order chi connectivity index (χ0) is 20.8. The van der Waals surface area contributed by atoms with Crippen molar-refractivity contribution < 1.29 is 23.0 Å². The third-order valence-corrected chi connectivity index (χ3v) is 5.58. The quantitative estimate of drug-likeness (QED) is 0.305. The maximum Gasteiger partial charge on any atom is 0.346 e. The van der Waals surface area contributed by atoms with E-state index in [2.05, 4.69) is 6.92 Å². The van der Waals surface area contributed by atoms with E-state index >= 15 is 0 Å². The molecule has 0 bridgehead atoms. The third-order valence-electron chi connectivity index (χ3n) is 5.58. The van der Waals surface area contributed by atoms with Crippen LogP contribution in [0.1, 0.15) is 67.8 Å². The molecule has 0 aliphatic heterocycles. The van der Waals surface area contributed by atoms with E-state index in [9.17, 15) is 13.6 Å². The summed E-state index contributed by atoms with van der Waals surface area (Å²) in [6.45, 7) is 3.92. The van der Waals surface area contributed by atoms with Gasteiger partial charge in [-0.3, -0.25) is 0 Å². The van der Waals surface area contributed by atoms with Crippen molar-refractivity contribution in [3.05, 3.63) is 71.5 Å². The number of hydrogen-bond donors (Lipinski definition) is 0. The van der Waals surface area contributed by atoms with E-state index in [-0.39, 0.29) is 5.75 Å². The highest BCUT2D eigenvalue weighted by molar-refractivity contribution is 5.91. The van der Waals surface area contributed by atoms with Gasteiger partial charge in [0.1, 0.15) is 5.75 Å². The first-order valence-electron chi connectivity index (χ1n) is 10.1. The Morgan fingerprint density at radius 1 is 1.03 bits per heavy atom. The van der Waals surface area contributed by atoms with Crippen molar-refractivity contribution in [2.45, 2.75) is 51.9 Å². The maximum atomic E-state index is 14.2. The summed E-state index contributed by atoms with van der Waals surface area (Å²) in [6.07, 6.45) is 8.84. The number of halogens is 2. The van der Waals surface area contributed by atoms with Gasteiger partial charge in [0.2, 0.25) is 5.82 Å². The van der Waals surface area contributed by atoms with E-state index in [4.69, 9.17) is 9.47 Å². The predicted molar refractivity (Wildman–Crippen MR) is 108 cm³/mol. The first-order chi connectivity index (χ1) is 14.0. The van der Waals surface area contributed by atoms with Gasteiger partial charge in [-0.2, -0.15) is 4.39 Å². The van der Waals surface area contributed by atoms with Crippen molar-refractivity contribution in [1.82, 2.24) is 0 Å². The Morgan fingerprint density at radius 2 is 1.72 bits per heavy atom. The molecular weight excluding hydrogens is 374 g/mol. The van der Waals surface area contributed by atoms with Crippen LogP contribution in [-0.4, -0.2) is 5.97 Å². The van der Waals surface area contributed by atoms with Gasteiger partial charge in [0, 0.05) is 0 Å². The fraction of sp³-hybridized carbons (Fsp3) is 0.375. The summed E-state index contributed by atoms with van der Waals surface area (Å²) in [7, 11) is 0. The van der Waals surface area contributed by atoms with Crippen LogP contribution in [0, 0.1) is 17.6 Å². The maximum absolute atomic E-state index is 14.2. The molecule has 0 unspecified atom stereocenters. The Morgan fingerprint density at radius 3 is 2.34 bits per heavy atom. The van der Waals surface area contributed by atoms with Crippen LogP contribution in [0.5, 0.6) is 11.5 Å². The molecule has 5 heteroatoms. The summed E-state index contributed by atoms with van der Waals surface area (Å²) in [5.41, 5.74) is 0.749. The molecule has 1 aliphatic carbocycles. The molecule has 2 aromatic carbocycles. The summed E-state index contributed by atoms with van der Waals surface area (Å²) < 4.78 is 38.5. The number of allylic oxidation sites excluding steroid dienone is 1. The summed E-state index contributed by atoms with van der Waals surface area (Å²) in [4.78, 5) is 12.3. The second kappa shape index (κ2) is 9.68. The molecule has 154 valence electrons. The molecular formula is C24H26F2O3. The second-order valence-electron chi connectivity index (χ2n) is 7.41. The highest BCUT2D eigenvalue weighted by Crippen LogP contribution is 2.37. The molecule has 0 heterocycles. The third kappa shape index (κ3) is 5.03. The van der Waals surface area contributed by atoms with Crippen LogP contribution in [-0.2, 0) is 0 Å². The van der Waals surface area contributed by atoms with Crippen LogP contribution >= 0.6 is 0 Å². The monoisotopic (exact) mass is 400 g/mol. The van der Waals surface area contributed by atoms with Gasteiger partial charge in [-0.05, 0) is 74.3 Å². The van der Waals surface area contributed by atoms with Crippen molar-refractivity contribution in [2.24, 2.45) is 5.92 Å². The lowest BCUT2D eigenvalue weighted by Gasteiger charge is -2.28. The lowest BCUT2D eigenvalue weighted by Crippen LogP contribution is -2.13. The smallest absolute Gasteiger partial charge is 0.346 e. The molecule has 0 N–H and O–H groups in total. The Labute approximate surface area is 170 Å². The summed E-state index contributed by atoms with van der Waals surface area (Å²) in [6, 6.07) is 9.66. The average Bonchev–Trinajstić information content (AvgIpc) is 2.75. The molecule has 2 aromatic rings. The largest absolute Gasteiger partial charge is 0.462 e. The topological polar surface area (TPSA) is 35.5 Å². The Bertz CT molecular complexity index is 866. The number of esters is 1. The molecule has 0 saturated heterocycles. The molecule has 0 radical (unpaired) electrons. The lowest BCUT2D eigenvalue weighted by atomic mass is 9.78. The molecule has 1 fully saturated rings. The lowest BCUT2D eigenvalue weighted by molar-refractivity contribution is 0.0728. The summed E-state index contributed by atoms with van der Waals surface area (Å²) in [5.74, 6) is -2.10. The number of carbonyl (C=O) groups is 1. The van der Waals surface area contributed by atoms with E-state index in [1.165, 1.54) is 50.0 Å². The number of carbonyl (C=O) groups excluding carboxylic acids is 1. The molecule has 0 atom stereocenters. The zero-order valence-electron chi connectivity index (χ0n) is 16.8. The van der Waals surface area contributed by atoms with E-state index < -0.39 is 23.2 Å². The minimum Gasteiger partial charge on any atom is -0.462 e. The average molecular weight is 400 g/mol. The minimum atomic E-state index is -1.29. The highest BCUT2D eigenvalue weighted by atomic mass is 19.2. The van der Waals surface area contributed by atoms with Gasteiger partial charge in [0.05, 0.1) is 11.8 Å². The van der Waals surface area contributed by atoms with Crippen molar-refractivity contribution in [3.8, 4) is 11.5 Å². The van der Waals surface area contributed by atoms with Gasteiger partial charge in [-0.25, -0.2) is 9.18 Å². The fourth-order valence-electron chi connectivity index (χ4n) is 3.80. The Hall–Kier alpha value is -2.69. The van der Waals surface area contributed by atoms with Crippen LogP contribution in [0.2, 0.25) is 0 Å². The first kappa shape index (κ1) is 21.0.